The quantitative estimate of drug-likeness (QED) is 0.112. The van der Waals surface area contributed by atoms with Crippen molar-refractivity contribution in [2.24, 2.45) is 0 Å². The first kappa shape index (κ1) is 30.6. The van der Waals surface area contributed by atoms with Crippen LogP contribution in [0.15, 0.2) is 127 Å². The van der Waals surface area contributed by atoms with Crippen molar-refractivity contribution in [3.05, 3.63) is 160 Å². The molecule has 0 spiro atoms. The number of ketones is 1. The number of ether oxygens (including phenoxy) is 2. The van der Waals surface area contributed by atoms with Gasteiger partial charge in [0.05, 0.1) is 7.11 Å². The number of hydrogen-bond donors (Lipinski definition) is 1. The largest absolute Gasteiger partial charge is 0.489 e. The number of rotatable bonds is 12. The summed E-state index contributed by atoms with van der Waals surface area (Å²) in [6, 6.07) is 38.6. The Hall–Kier alpha value is -5.42. The number of hydrogen-bond acceptors (Lipinski definition) is 5. The van der Waals surface area contributed by atoms with E-state index in [1.54, 1.807) is 18.2 Å². The summed E-state index contributed by atoms with van der Waals surface area (Å²) in [6.45, 7) is 2.56. The van der Waals surface area contributed by atoms with Crippen molar-refractivity contribution in [2.75, 3.05) is 19.0 Å². The van der Waals surface area contributed by atoms with Gasteiger partial charge in [-0.2, -0.15) is 0 Å². The minimum atomic E-state index is -0.740. The summed E-state index contributed by atoms with van der Waals surface area (Å²) in [7, 11) is 1.37. The molecule has 230 valence electrons. The molecule has 1 N–H and O–H groups in total. The molecular formula is C41H37NO4. The molecule has 0 aromatic heterocycles. The lowest BCUT2D eigenvalue weighted by atomic mass is 10.00. The maximum Gasteiger partial charge on any atom is 0.328 e. The molecule has 5 aromatic carbocycles. The van der Waals surface area contributed by atoms with Crippen LogP contribution in [0.4, 0.5) is 5.69 Å². The van der Waals surface area contributed by atoms with Crippen LogP contribution < -0.4 is 10.1 Å². The van der Waals surface area contributed by atoms with E-state index in [-0.39, 0.29) is 5.78 Å². The third-order valence-corrected chi connectivity index (χ3v) is 8.48. The molecule has 0 radical (unpaired) electrons. The number of carbonyl (C=O) groups is 2. The Morgan fingerprint density at radius 1 is 0.804 bits per heavy atom. The van der Waals surface area contributed by atoms with Crippen LogP contribution in [0, 0.1) is 0 Å². The number of para-hydroxylation sites is 2. The molecule has 1 atom stereocenters. The van der Waals surface area contributed by atoms with Crippen LogP contribution in [-0.4, -0.2) is 31.5 Å². The van der Waals surface area contributed by atoms with Crippen LogP contribution in [0.2, 0.25) is 0 Å². The van der Waals surface area contributed by atoms with E-state index in [0.29, 0.717) is 35.6 Å². The maximum atomic E-state index is 13.3. The Labute approximate surface area is 270 Å². The first-order valence-corrected chi connectivity index (χ1v) is 15.7. The van der Waals surface area contributed by atoms with Crippen molar-refractivity contribution in [3.8, 4) is 16.9 Å². The Morgan fingerprint density at radius 3 is 2.35 bits per heavy atom. The molecule has 0 fully saturated rings. The number of esters is 1. The number of nitrogens with one attached hydrogen (secondary N) is 1. The summed E-state index contributed by atoms with van der Waals surface area (Å²) in [5.74, 6) is 0.156. The Morgan fingerprint density at radius 2 is 1.52 bits per heavy atom. The molecular weight excluding hydrogens is 570 g/mol. The fourth-order valence-electron chi connectivity index (χ4n) is 6.02. The van der Waals surface area contributed by atoms with Crippen LogP contribution in [0.25, 0.3) is 17.2 Å². The topological polar surface area (TPSA) is 64.6 Å². The van der Waals surface area contributed by atoms with Gasteiger partial charge in [0.1, 0.15) is 18.4 Å². The third-order valence-electron chi connectivity index (χ3n) is 8.48. The predicted molar refractivity (Wildman–Crippen MR) is 184 cm³/mol. The highest BCUT2D eigenvalue weighted by Gasteiger charge is 2.24. The molecule has 0 saturated heterocycles. The average molecular weight is 608 g/mol. The molecule has 46 heavy (non-hydrogen) atoms. The van der Waals surface area contributed by atoms with Crippen molar-refractivity contribution in [1.29, 1.82) is 0 Å². The first-order chi connectivity index (χ1) is 22.5. The van der Waals surface area contributed by atoms with Crippen molar-refractivity contribution >= 4 is 23.5 Å². The summed E-state index contributed by atoms with van der Waals surface area (Å²) >= 11 is 0. The first-order valence-electron chi connectivity index (χ1n) is 15.7. The second kappa shape index (κ2) is 14.1. The summed E-state index contributed by atoms with van der Waals surface area (Å²) < 4.78 is 11.6. The molecule has 6 rings (SSSR count). The summed E-state index contributed by atoms with van der Waals surface area (Å²) in [5, 5.41) is 3.30. The van der Waals surface area contributed by atoms with Gasteiger partial charge in [0.2, 0.25) is 0 Å². The molecule has 0 unspecified atom stereocenters. The lowest BCUT2D eigenvalue weighted by Gasteiger charge is -2.21. The van der Waals surface area contributed by atoms with Crippen LogP contribution in [-0.2, 0) is 22.4 Å². The molecule has 1 aliphatic carbocycles. The van der Waals surface area contributed by atoms with E-state index in [1.165, 1.54) is 40.5 Å². The Balaban J connectivity index is 1.18. The van der Waals surface area contributed by atoms with Crippen LogP contribution in [0.5, 0.6) is 5.75 Å². The van der Waals surface area contributed by atoms with Gasteiger partial charge < -0.3 is 14.8 Å². The second-order valence-electron chi connectivity index (χ2n) is 11.5. The third kappa shape index (κ3) is 6.79. The van der Waals surface area contributed by atoms with Gasteiger partial charge in [-0.15, -0.1) is 0 Å². The monoisotopic (exact) mass is 607 g/mol. The predicted octanol–water partition coefficient (Wildman–Crippen LogP) is 8.56. The van der Waals surface area contributed by atoms with E-state index in [2.05, 4.69) is 60.8 Å². The lowest BCUT2D eigenvalue weighted by Crippen LogP contribution is -2.33. The van der Waals surface area contributed by atoms with Gasteiger partial charge >= 0.3 is 5.97 Å². The zero-order chi connectivity index (χ0) is 31.9. The summed E-state index contributed by atoms with van der Waals surface area (Å²) in [5.41, 5.74) is 10.2. The van der Waals surface area contributed by atoms with Crippen LogP contribution in [0.3, 0.4) is 0 Å². The van der Waals surface area contributed by atoms with E-state index in [1.807, 2.05) is 60.7 Å². The number of benzene rings is 5. The standard InChI is InChI=1S/C41H37NO4/c1-3-28(23-29-21-22-35-33(24-29)25-31-15-7-9-17-34(31)35)27-46-39-20-12-8-16-32(39)26-38(41(44)45-2)42-37-19-11-10-18-36(37)40(43)30-13-5-4-6-14-30/h4-24,38,42H,3,25-27H2,1-2H3/b28-23+/t38-/m0/s1. The lowest BCUT2D eigenvalue weighted by molar-refractivity contribution is -0.141. The highest BCUT2D eigenvalue weighted by Crippen LogP contribution is 2.37. The van der Waals surface area contributed by atoms with E-state index in [4.69, 9.17) is 9.47 Å². The molecule has 0 amide bonds. The minimum Gasteiger partial charge on any atom is -0.489 e. The van der Waals surface area contributed by atoms with Gasteiger partial charge in [-0.25, -0.2) is 4.79 Å². The van der Waals surface area contributed by atoms with E-state index < -0.39 is 12.0 Å². The van der Waals surface area contributed by atoms with Gasteiger partial charge in [-0.05, 0) is 70.0 Å². The zero-order valence-corrected chi connectivity index (χ0v) is 26.2. The maximum absolute atomic E-state index is 13.3. The molecule has 5 nitrogen and oxygen atoms in total. The molecule has 0 bridgehead atoms. The van der Waals surface area contributed by atoms with Crippen LogP contribution >= 0.6 is 0 Å². The normalized spacial score (nSPS) is 12.5. The molecule has 0 aliphatic heterocycles. The van der Waals surface area contributed by atoms with E-state index in [9.17, 15) is 9.59 Å². The average Bonchev–Trinajstić information content (AvgIpc) is 3.48. The van der Waals surface area contributed by atoms with Gasteiger partial charge in [-0.1, -0.05) is 116 Å². The van der Waals surface area contributed by atoms with E-state index in [0.717, 1.165) is 18.4 Å². The molecule has 0 heterocycles. The minimum absolute atomic E-state index is 0.122. The highest BCUT2D eigenvalue weighted by molar-refractivity contribution is 6.12. The summed E-state index contributed by atoms with van der Waals surface area (Å²) in [6.07, 6.45) is 4.33. The zero-order valence-electron chi connectivity index (χ0n) is 26.2. The SMILES string of the molecule is CC/C(=C\c1ccc2c(c1)Cc1ccccc1-2)COc1ccccc1C[C@H](Nc1ccccc1C(=O)c1ccccc1)C(=O)OC. The van der Waals surface area contributed by atoms with Crippen molar-refractivity contribution in [3.63, 3.8) is 0 Å². The number of methoxy groups -OCH3 is 1. The number of anilines is 1. The number of carbonyl (C=O) groups excluding carboxylic acids is 2. The van der Waals surface area contributed by atoms with E-state index >= 15 is 0 Å². The van der Waals surface area contributed by atoms with Gasteiger partial charge in [0, 0.05) is 23.2 Å². The molecule has 0 saturated carbocycles. The Bertz CT molecular complexity index is 1890. The smallest absolute Gasteiger partial charge is 0.328 e. The van der Waals surface area contributed by atoms with Crippen molar-refractivity contribution in [2.45, 2.75) is 32.2 Å². The van der Waals surface area contributed by atoms with Gasteiger partial charge in [0.15, 0.2) is 5.78 Å². The fourth-order valence-corrected chi connectivity index (χ4v) is 6.02. The number of fused-ring (bicyclic) bond motifs is 3. The molecule has 1 aliphatic rings. The highest BCUT2D eigenvalue weighted by atomic mass is 16.5. The van der Waals surface area contributed by atoms with Crippen LogP contribution in [0.1, 0.15) is 51.5 Å². The molecule has 5 aromatic rings. The summed E-state index contributed by atoms with van der Waals surface area (Å²) in [4.78, 5) is 26.4. The van der Waals surface area contributed by atoms with Crippen molar-refractivity contribution < 1.29 is 19.1 Å². The Kier molecular flexibility index (Phi) is 9.40. The van der Waals surface area contributed by atoms with Crippen molar-refractivity contribution in [1.82, 2.24) is 0 Å². The molecule has 5 heteroatoms. The second-order valence-corrected chi connectivity index (χ2v) is 11.5. The fraction of sp³-hybridized carbons (Fsp3) is 0.171. The van der Waals surface area contributed by atoms with Gasteiger partial charge in [-0.3, -0.25) is 4.79 Å². The van der Waals surface area contributed by atoms with Gasteiger partial charge in [0.25, 0.3) is 0 Å².